The monoisotopic (exact) mass is 399 g/mol. The molecule has 0 aliphatic rings. The Kier molecular flexibility index (Phi) is 4.61. The summed E-state index contributed by atoms with van der Waals surface area (Å²) in [6.07, 6.45) is 1.45. The summed E-state index contributed by atoms with van der Waals surface area (Å²) in [5.74, 6) is 0.283. The highest BCUT2D eigenvalue weighted by molar-refractivity contribution is 7.89. The first-order valence-electron chi connectivity index (χ1n) is 8.28. The van der Waals surface area contributed by atoms with Crippen molar-refractivity contribution >= 4 is 32.1 Å². The maximum absolute atomic E-state index is 12.8. The van der Waals surface area contributed by atoms with Gasteiger partial charge in [-0.25, -0.2) is 13.1 Å². The van der Waals surface area contributed by atoms with Crippen LogP contribution in [0.1, 0.15) is 10.6 Å². The van der Waals surface area contributed by atoms with Crippen molar-refractivity contribution in [3.8, 4) is 0 Å². The molecule has 7 heteroatoms. The highest BCUT2D eigenvalue weighted by Crippen LogP contribution is 2.33. The Morgan fingerprint density at radius 1 is 1.00 bits per heavy atom. The van der Waals surface area contributed by atoms with Crippen LogP contribution in [0.4, 0.5) is 0 Å². The number of benzene rings is 2. The lowest BCUT2D eigenvalue weighted by Gasteiger charge is -2.25. The lowest BCUT2D eigenvalue weighted by Crippen LogP contribution is -2.40. The van der Waals surface area contributed by atoms with Crippen LogP contribution in [0, 0.1) is 0 Å². The van der Waals surface area contributed by atoms with Crippen LogP contribution in [0.2, 0.25) is 0 Å². The fraction of sp³-hybridized carbons (Fsp3) is 0.100. The van der Waals surface area contributed by atoms with Crippen molar-refractivity contribution in [3.05, 3.63) is 89.0 Å². The van der Waals surface area contributed by atoms with Crippen LogP contribution in [-0.2, 0) is 15.6 Å². The number of furan rings is 1. The molecule has 2 N–H and O–H groups in total. The molecule has 1 unspecified atom stereocenters. The number of nitrogens with one attached hydrogen (secondary N) is 1. The van der Waals surface area contributed by atoms with Gasteiger partial charge in [-0.3, -0.25) is 0 Å². The lowest BCUT2D eigenvalue weighted by atomic mass is 9.99. The number of hydrogen-bond acceptors (Lipinski definition) is 5. The van der Waals surface area contributed by atoms with Crippen LogP contribution < -0.4 is 4.72 Å². The summed E-state index contributed by atoms with van der Waals surface area (Å²) in [4.78, 5) is 0.743. The van der Waals surface area contributed by atoms with Gasteiger partial charge < -0.3 is 9.52 Å². The Morgan fingerprint density at radius 3 is 2.52 bits per heavy atom. The molecule has 0 saturated heterocycles. The van der Waals surface area contributed by atoms with Gasteiger partial charge in [0.2, 0.25) is 10.0 Å². The number of hydrogen-bond donors (Lipinski definition) is 2. The molecule has 2 heterocycles. The van der Waals surface area contributed by atoms with E-state index in [1.165, 1.54) is 17.6 Å². The second-order valence-electron chi connectivity index (χ2n) is 6.15. The van der Waals surface area contributed by atoms with E-state index in [4.69, 9.17) is 4.42 Å². The van der Waals surface area contributed by atoms with Crippen LogP contribution in [-0.4, -0.2) is 20.1 Å². The van der Waals surface area contributed by atoms with E-state index >= 15 is 0 Å². The van der Waals surface area contributed by atoms with Gasteiger partial charge in [-0.05, 0) is 46.5 Å². The molecule has 0 aliphatic heterocycles. The topological polar surface area (TPSA) is 79.5 Å². The van der Waals surface area contributed by atoms with Gasteiger partial charge in [-0.1, -0.05) is 36.4 Å². The van der Waals surface area contributed by atoms with Gasteiger partial charge in [0.15, 0.2) is 5.60 Å². The molecule has 27 heavy (non-hydrogen) atoms. The molecular weight excluding hydrogens is 382 g/mol. The molecule has 4 rings (SSSR count). The van der Waals surface area contributed by atoms with Crippen molar-refractivity contribution in [2.45, 2.75) is 10.5 Å². The van der Waals surface area contributed by atoms with Gasteiger partial charge in [-0.2, -0.15) is 0 Å². The van der Waals surface area contributed by atoms with E-state index in [2.05, 4.69) is 4.72 Å². The minimum Gasteiger partial charge on any atom is -0.466 e. The molecule has 0 spiro atoms. The predicted octanol–water partition coefficient (Wildman–Crippen LogP) is 3.71. The molecule has 1 atom stereocenters. The van der Waals surface area contributed by atoms with Crippen LogP contribution in [0.25, 0.3) is 10.8 Å². The fourth-order valence-electron chi connectivity index (χ4n) is 2.94. The smallest absolute Gasteiger partial charge is 0.240 e. The molecule has 0 saturated carbocycles. The molecular formula is C20H17NO4S2. The minimum atomic E-state index is -3.81. The van der Waals surface area contributed by atoms with Gasteiger partial charge in [0.1, 0.15) is 5.76 Å². The Morgan fingerprint density at radius 2 is 1.81 bits per heavy atom. The minimum absolute atomic E-state index is 0.147. The Balaban J connectivity index is 1.65. The Hall–Kier alpha value is -2.45. The number of thiophene rings is 1. The van der Waals surface area contributed by atoms with E-state index in [9.17, 15) is 13.5 Å². The third-order valence-corrected chi connectivity index (χ3v) is 6.83. The van der Waals surface area contributed by atoms with Crippen LogP contribution in [0.3, 0.4) is 0 Å². The van der Waals surface area contributed by atoms with Gasteiger partial charge >= 0.3 is 0 Å². The van der Waals surface area contributed by atoms with E-state index < -0.39 is 15.6 Å². The number of rotatable bonds is 6. The second-order valence-corrected chi connectivity index (χ2v) is 8.86. The van der Waals surface area contributed by atoms with Gasteiger partial charge in [0, 0.05) is 4.88 Å². The zero-order chi connectivity index (χ0) is 18.9. The molecule has 0 radical (unpaired) electrons. The van der Waals surface area contributed by atoms with Gasteiger partial charge in [-0.15, -0.1) is 11.3 Å². The summed E-state index contributed by atoms with van der Waals surface area (Å²) in [6.45, 7) is -0.240. The molecule has 2 aromatic carbocycles. The third kappa shape index (κ3) is 3.42. The molecule has 0 amide bonds. The molecule has 0 fully saturated rings. The van der Waals surface area contributed by atoms with Crippen molar-refractivity contribution in [2.24, 2.45) is 0 Å². The van der Waals surface area contributed by atoms with Crippen LogP contribution >= 0.6 is 11.3 Å². The summed E-state index contributed by atoms with van der Waals surface area (Å²) in [6, 6.07) is 19.3. The average molecular weight is 399 g/mol. The molecule has 2 aromatic heterocycles. The molecule has 5 nitrogen and oxygen atoms in total. The SMILES string of the molecule is O=S(=O)(NCC(O)(c1ccco1)c1cccs1)c1ccc2ccccc2c1. The summed E-state index contributed by atoms with van der Waals surface area (Å²) in [5, 5.41) is 14.8. The van der Waals surface area contributed by atoms with Gasteiger partial charge in [0.05, 0.1) is 17.7 Å². The highest BCUT2D eigenvalue weighted by Gasteiger charge is 2.37. The zero-order valence-corrected chi connectivity index (χ0v) is 15.8. The Labute approximate surface area is 160 Å². The molecule has 4 aromatic rings. The summed E-state index contributed by atoms with van der Waals surface area (Å²) in [5.41, 5.74) is -1.58. The van der Waals surface area contributed by atoms with E-state index in [0.29, 0.717) is 4.88 Å². The highest BCUT2D eigenvalue weighted by atomic mass is 32.2. The van der Waals surface area contributed by atoms with Gasteiger partial charge in [0.25, 0.3) is 0 Å². The van der Waals surface area contributed by atoms with Crippen molar-refractivity contribution in [2.75, 3.05) is 6.54 Å². The van der Waals surface area contributed by atoms with Crippen molar-refractivity contribution in [3.63, 3.8) is 0 Å². The van der Waals surface area contributed by atoms with E-state index in [-0.39, 0.29) is 17.2 Å². The number of fused-ring (bicyclic) bond motifs is 1. The normalized spacial score (nSPS) is 14.3. The van der Waals surface area contributed by atoms with Crippen molar-refractivity contribution in [1.29, 1.82) is 0 Å². The van der Waals surface area contributed by atoms with Crippen molar-refractivity contribution < 1.29 is 17.9 Å². The summed E-state index contributed by atoms with van der Waals surface area (Å²) in [7, 11) is -3.81. The second kappa shape index (κ2) is 6.94. The van der Waals surface area contributed by atoms with E-state index in [1.54, 1.807) is 42.5 Å². The maximum Gasteiger partial charge on any atom is 0.240 e. The largest absolute Gasteiger partial charge is 0.466 e. The van der Waals surface area contributed by atoms with Crippen molar-refractivity contribution in [1.82, 2.24) is 4.72 Å². The lowest BCUT2D eigenvalue weighted by molar-refractivity contribution is 0.0655. The summed E-state index contributed by atoms with van der Waals surface area (Å²) < 4.78 is 33.5. The average Bonchev–Trinajstić information content (AvgIpc) is 3.40. The van der Waals surface area contributed by atoms with E-state index in [0.717, 1.165) is 10.8 Å². The number of sulfonamides is 1. The summed E-state index contributed by atoms with van der Waals surface area (Å²) >= 11 is 1.33. The first kappa shape index (κ1) is 17.9. The zero-order valence-electron chi connectivity index (χ0n) is 14.2. The first-order chi connectivity index (χ1) is 13.0. The molecule has 0 aliphatic carbocycles. The Bertz CT molecular complexity index is 1120. The fourth-order valence-corrected chi connectivity index (χ4v) is 4.86. The number of aliphatic hydroxyl groups is 1. The van der Waals surface area contributed by atoms with E-state index in [1.807, 2.05) is 29.6 Å². The standard InChI is InChI=1S/C20H17NO4S2/c22-20(18-7-3-11-25-18,19-8-4-12-26-19)14-21-27(23,24)17-10-9-15-5-1-2-6-16(15)13-17/h1-13,21-22H,14H2. The predicted molar refractivity (Wildman–Crippen MR) is 105 cm³/mol. The van der Waals surface area contributed by atoms with Crippen LogP contribution in [0.15, 0.2) is 87.7 Å². The van der Waals surface area contributed by atoms with Crippen LogP contribution in [0.5, 0.6) is 0 Å². The molecule has 0 bridgehead atoms. The quantitative estimate of drug-likeness (QED) is 0.518. The maximum atomic E-state index is 12.8. The first-order valence-corrected chi connectivity index (χ1v) is 10.6. The molecule has 138 valence electrons. The third-order valence-electron chi connectivity index (χ3n) is 4.41.